The van der Waals surface area contributed by atoms with Crippen LogP contribution in [0.15, 0.2) is 29.1 Å². The molecule has 2 aliphatic rings. The summed E-state index contributed by atoms with van der Waals surface area (Å²) in [6.07, 6.45) is 3.69. The van der Waals surface area contributed by atoms with Gasteiger partial charge in [0.15, 0.2) is 0 Å². The van der Waals surface area contributed by atoms with Crippen LogP contribution in [0.3, 0.4) is 0 Å². The van der Waals surface area contributed by atoms with Gasteiger partial charge in [-0.1, -0.05) is 12.1 Å². The highest BCUT2D eigenvalue weighted by molar-refractivity contribution is 5.95. The lowest BCUT2D eigenvalue weighted by Gasteiger charge is -2.33. The number of hydrogen-bond acceptors (Lipinski definition) is 4. The number of rotatable bonds is 2. The Labute approximate surface area is 175 Å². The van der Waals surface area contributed by atoms with Gasteiger partial charge in [-0.15, -0.1) is 0 Å². The molecule has 1 N–H and O–H groups in total. The van der Waals surface area contributed by atoms with Crippen LogP contribution in [0.5, 0.6) is 0 Å². The fourth-order valence-electron chi connectivity index (χ4n) is 4.52. The summed E-state index contributed by atoms with van der Waals surface area (Å²) in [4.78, 5) is 29.7. The fraction of sp³-hybridized carbons (Fsp3) is 0.522. The number of fused-ring (bicyclic) bond motifs is 3. The van der Waals surface area contributed by atoms with E-state index >= 15 is 0 Å². The van der Waals surface area contributed by atoms with Gasteiger partial charge in [0.25, 0.3) is 5.56 Å². The summed E-state index contributed by atoms with van der Waals surface area (Å²) in [7, 11) is 0. The summed E-state index contributed by atoms with van der Waals surface area (Å²) in [5, 5.41) is 5.92. The van der Waals surface area contributed by atoms with Crippen molar-refractivity contribution in [2.75, 3.05) is 13.1 Å². The number of amides is 1. The van der Waals surface area contributed by atoms with E-state index in [2.05, 4.69) is 17.1 Å². The van der Waals surface area contributed by atoms with Crippen molar-refractivity contribution in [2.45, 2.75) is 63.9 Å². The molecule has 0 unspecified atom stereocenters. The highest BCUT2D eigenvalue weighted by Crippen LogP contribution is 2.44. The lowest BCUT2D eigenvalue weighted by molar-refractivity contribution is 0.0203. The molecule has 1 amide bonds. The third-order valence-corrected chi connectivity index (χ3v) is 6.08. The number of nitrogens with one attached hydrogen (secondary N) is 1. The molecule has 30 heavy (non-hydrogen) atoms. The number of benzene rings is 1. The maximum absolute atomic E-state index is 12.5. The zero-order chi connectivity index (χ0) is 21.0. The molecule has 1 saturated carbocycles. The number of aromatic amines is 1. The minimum atomic E-state index is -0.499. The molecule has 0 radical (unpaired) electrons. The molecule has 158 valence electrons. The number of ether oxygens (including phenoxy) is 1. The van der Waals surface area contributed by atoms with Crippen LogP contribution in [0.1, 0.15) is 69.5 Å². The molecule has 2 aromatic heterocycles. The Bertz CT molecular complexity index is 1170. The number of aromatic nitrogens is 3. The van der Waals surface area contributed by atoms with E-state index in [4.69, 9.17) is 9.84 Å². The second-order valence-electron chi connectivity index (χ2n) is 9.58. The maximum Gasteiger partial charge on any atom is 0.410 e. The van der Waals surface area contributed by atoms with Gasteiger partial charge >= 0.3 is 6.09 Å². The first-order valence-electron chi connectivity index (χ1n) is 10.8. The van der Waals surface area contributed by atoms with Crippen LogP contribution in [0.4, 0.5) is 4.79 Å². The Morgan fingerprint density at radius 1 is 1.13 bits per heavy atom. The van der Waals surface area contributed by atoms with Gasteiger partial charge in [-0.2, -0.15) is 5.10 Å². The Morgan fingerprint density at radius 3 is 2.53 bits per heavy atom. The van der Waals surface area contributed by atoms with Gasteiger partial charge in [-0.3, -0.25) is 4.79 Å². The van der Waals surface area contributed by atoms with Crippen molar-refractivity contribution in [1.82, 2.24) is 19.5 Å². The van der Waals surface area contributed by atoms with E-state index in [1.807, 2.05) is 31.4 Å². The molecule has 0 bridgehead atoms. The average molecular weight is 409 g/mol. The van der Waals surface area contributed by atoms with Gasteiger partial charge < -0.3 is 14.6 Å². The van der Waals surface area contributed by atoms with Crippen molar-refractivity contribution in [1.29, 1.82) is 0 Å². The van der Waals surface area contributed by atoms with E-state index in [1.165, 1.54) is 18.4 Å². The standard InChI is InChI=1S/C23H28N4O3/c1-23(2,3)30-22(29)26-11-9-15(10-12-26)18-13-19(28)24-21-20-16(14-7-8-14)5-4-6-17(20)25-27(18)21/h4-6,13-15H,7-12H2,1-3H3,(H,24,28). The number of carbonyl (C=O) groups excluding carboxylic acids is 1. The van der Waals surface area contributed by atoms with Crippen LogP contribution in [0, 0.1) is 0 Å². The van der Waals surface area contributed by atoms with Gasteiger partial charge in [0, 0.05) is 30.5 Å². The van der Waals surface area contributed by atoms with Crippen molar-refractivity contribution >= 4 is 22.6 Å². The number of carbonyl (C=O) groups is 1. The average Bonchev–Trinajstić information content (AvgIpc) is 3.47. The van der Waals surface area contributed by atoms with Crippen LogP contribution < -0.4 is 5.56 Å². The van der Waals surface area contributed by atoms with Crippen LogP contribution in [0.25, 0.3) is 16.6 Å². The van der Waals surface area contributed by atoms with Crippen molar-refractivity contribution in [3.8, 4) is 0 Å². The first-order valence-corrected chi connectivity index (χ1v) is 10.8. The van der Waals surface area contributed by atoms with Crippen molar-refractivity contribution in [3.63, 3.8) is 0 Å². The SMILES string of the molecule is CC(C)(C)OC(=O)N1CCC(c2cc(=O)[nH]c3c4c(C5CC5)cccc4nn23)CC1. The summed E-state index contributed by atoms with van der Waals surface area (Å²) in [6, 6.07) is 7.90. The second-order valence-corrected chi connectivity index (χ2v) is 9.58. The Balaban J connectivity index is 1.47. The molecular formula is C23H28N4O3. The number of piperidine rings is 1. The predicted molar refractivity (Wildman–Crippen MR) is 115 cm³/mol. The predicted octanol–water partition coefficient (Wildman–Crippen LogP) is 4.17. The first-order chi connectivity index (χ1) is 14.3. The van der Waals surface area contributed by atoms with Gasteiger partial charge in [-0.25, -0.2) is 9.31 Å². The maximum atomic E-state index is 12.5. The zero-order valence-corrected chi connectivity index (χ0v) is 17.8. The lowest BCUT2D eigenvalue weighted by Crippen LogP contribution is -2.41. The van der Waals surface area contributed by atoms with Gasteiger partial charge in [0.05, 0.1) is 11.2 Å². The number of likely N-dealkylation sites (tertiary alicyclic amines) is 1. The van der Waals surface area contributed by atoms with Gasteiger partial charge in [0.2, 0.25) is 0 Å². The Morgan fingerprint density at radius 2 is 1.87 bits per heavy atom. The van der Waals surface area contributed by atoms with E-state index in [1.54, 1.807) is 11.0 Å². The highest BCUT2D eigenvalue weighted by Gasteiger charge is 2.30. The van der Waals surface area contributed by atoms with E-state index < -0.39 is 5.60 Å². The van der Waals surface area contributed by atoms with Crippen molar-refractivity contribution in [2.24, 2.45) is 0 Å². The van der Waals surface area contributed by atoms with E-state index in [9.17, 15) is 9.59 Å². The Hall–Kier alpha value is -2.83. The summed E-state index contributed by atoms with van der Waals surface area (Å²) in [5.74, 6) is 0.748. The molecule has 7 nitrogen and oxygen atoms in total. The topological polar surface area (TPSA) is 79.7 Å². The molecule has 3 aromatic rings. The fourth-order valence-corrected chi connectivity index (χ4v) is 4.52. The number of H-pyrrole nitrogens is 1. The minimum absolute atomic E-state index is 0.0977. The van der Waals surface area contributed by atoms with E-state index in [0.29, 0.717) is 19.0 Å². The lowest BCUT2D eigenvalue weighted by atomic mass is 9.93. The smallest absolute Gasteiger partial charge is 0.410 e. The van der Waals surface area contributed by atoms with E-state index in [-0.39, 0.29) is 17.6 Å². The molecule has 0 atom stereocenters. The Kier molecular flexibility index (Phi) is 4.38. The molecule has 1 aromatic carbocycles. The molecular weight excluding hydrogens is 380 g/mol. The molecule has 7 heteroatoms. The molecule has 3 heterocycles. The minimum Gasteiger partial charge on any atom is -0.444 e. The third-order valence-electron chi connectivity index (χ3n) is 6.08. The number of hydrogen-bond donors (Lipinski definition) is 1. The quantitative estimate of drug-likeness (QED) is 0.690. The highest BCUT2D eigenvalue weighted by atomic mass is 16.6. The van der Waals surface area contributed by atoms with E-state index in [0.717, 1.165) is 35.1 Å². The molecule has 1 aliphatic heterocycles. The van der Waals surface area contributed by atoms with Gasteiger partial charge in [-0.05, 0) is 64.0 Å². The first kappa shape index (κ1) is 19.2. The summed E-state index contributed by atoms with van der Waals surface area (Å²) < 4.78 is 7.43. The third kappa shape index (κ3) is 3.46. The summed E-state index contributed by atoms with van der Waals surface area (Å²) in [6.45, 7) is 6.86. The van der Waals surface area contributed by atoms with Crippen LogP contribution >= 0.6 is 0 Å². The molecule has 0 spiro atoms. The van der Waals surface area contributed by atoms with Crippen LogP contribution in [-0.2, 0) is 4.74 Å². The molecule has 1 saturated heterocycles. The largest absolute Gasteiger partial charge is 0.444 e. The zero-order valence-electron chi connectivity index (χ0n) is 17.8. The van der Waals surface area contributed by atoms with Crippen LogP contribution in [0.2, 0.25) is 0 Å². The number of nitrogens with zero attached hydrogens (tertiary/aromatic N) is 3. The molecule has 2 fully saturated rings. The molecule has 5 rings (SSSR count). The molecule has 1 aliphatic carbocycles. The second kappa shape index (κ2) is 6.86. The van der Waals surface area contributed by atoms with Crippen molar-refractivity contribution in [3.05, 3.63) is 45.9 Å². The van der Waals surface area contributed by atoms with Crippen molar-refractivity contribution < 1.29 is 9.53 Å². The monoisotopic (exact) mass is 408 g/mol. The van der Waals surface area contributed by atoms with Crippen LogP contribution in [-0.4, -0.2) is 44.3 Å². The summed E-state index contributed by atoms with van der Waals surface area (Å²) in [5.41, 5.74) is 3.34. The summed E-state index contributed by atoms with van der Waals surface area (Å²) >= 11 is 0. The van der Waals surface area contributed by atoms with Gasteiger partial charge in [0.1, 0.15) is 11.2 Å². The normalized spacial score (nSPS) is 18.3.